The van der Waals surface area contributed by atoms with E-state index in [1.807, 2.05) is 18.2 Å². The zero-order chi connectivity index (χ0) is 17.5. The third kappa shape index (κ3) is 2.63. The molecule has 134 valence electrons. The van der Waals surface area contributed by atoms with Crippen LogP contribution in [-0.2, 0) is 6.54 Å². The lowest BCUT2D eigenvalue weighted by Crippen LogP contribution is -2.48. The van der Waals surface area contributed by atoms with Gasteiger partial charge in [-0.15, -0.1) is 0 Å². The molecule has 0 aromatic heterocycles. The maximum absolute atomic E-state index is 13.2. The molecule has 3 aliphatic heterocycles. The van der Waals surface area contributed by atoms with Crippen molar-refractivity contribution in [2.75, 3.05) is 31.6 Å². The minimum absolute atomic E-state index is 0.131. The van der Waals surface area contributed by atoms with Crippen LogP contribution in [0.15, 0.2) is 48.5 Å². The number of benzene rings is 2. The minimum atomic E-state index is 0.131. The summed E-state index contributed by atoms with van der Waals surface area (Å²) in [4.78, 5) is 17.8. The summed E-state index contributed by atoms with van der Waals surface area (Å²) in [5, 5.41) is 3.34. The summed E-state index contributed by atoms with van der Waals surface area (Å²) in [7, 11) is 0. The molecule has 5 heteroatoms. The van der Waals surface area contributed by atoms with Gasteiger partial charge in [-0.05, 0) is 24.1 Å². The number of piperazine rings is 1. The van der Waals surface area contributed by atoms with Crippen LogP contribution in [0.4, 0.5) is 5.69 Å². The highest BCUT2D eigenvalue weighted by Gasteiger charge is 2.45. The zero-order valence-corrected chi connectivity index (χ0v) is 14.7. The monoisotopic (exact) mass is 349 g/mol. The molecular formula is C21H23N3O2. The second kappa shape index (κ2) is 6.32. The third-order valence-electron chi connectivity index (χ3n) is 5.76. The first-order valence-electron chi connectivity index (χ1n) is 9.38. The summed E-state index contributed by atoms with van der Waals surface area (Å²) in [6, 6.07) is 17.1. The minimum Gasteiger partial charge on any atom is -0.490 e. The number of hydrogen-bond donors (Lipinski definition) is 1. The van der Waals surface area contributed by atoms with Crippen LogP contribution < -0.4 is 10.1 Å². The van der Waals surface area contributed by atoms with Crippen molar-refractivity contribution in [2.24, 2.45) is 0 Å². The molecule has 0 spiro atoms. The molecule has 0 saturated carbocycles. The quantitative estimate of drug-likeness (QED) is 0.925. The average Bonchev–Trinajstić information content (AvgIpc) is 3.28. The Morgan fingerprint density at radius 1 is 1.08 bits per heavy atom. The molecule has 0 radical (unpaired) electrons. The van der Waals surface area contributed by atoms with E-state index in [4.69, 9.17) is 4.74 Å². The van der Waals surface area contributed by atoms with Crippen LogP contribution in [-0.4, -0.2) is 54.0 Å². The Kier molecular flexibility index (Phi) is 3.82. The van der Waals surface area contributed by atoms with E-state index >= 15 is 0 Å². The largest absolute Gasteiger partial charge is 0.490 e. The number of hydrogen-bond acceptors (Lipinski definition) is 4. The standard InChI is InChI=1S/C21H23N3O2/c25-21(18-7-4-8-19-20(18)22-9-10-26-19)24-14-16-11-17(24)13-23(16)12-15-5-2-1-3-6-15/h1-8,16-17,22H,9-14H2/t16-,17-/m0/s1. The lowest BCUT2D eigenvalue weighted by molar-refractivity contribution is 0.0616. The maximum Gasteiger partial charge on any atom is 0.256 e. The molecule has 2 fully saturated rings. The molecule has 1 amide bonds. The van der Waals surface area contributed by atoms with Crippen molar-refractivity contribution in [1.82, 2.24) is 9.80 Å². The summed E-state index contributed by atoms with van der Waals surface area (Å²) in [6.07, 6.45) is 1.08. The van der Waals surface area contributed by atoms with Crippen molar-refractivity contribution in [3.63, 3.8) is 0 Å². The predicted molar refractivity (Wildman–Crippen MR) is 101 cm³/mol. The number of likely N-dealkylation sites (tertiary alicyclic amines) is 2. The van der Waals surface area contributed by atoms with E-state index in [-0.39, 0.29) is 5.91 Å². The van der Waals surface area contributed by atoms with Crippen LogP contribution in [0.2, 0.25) is 0 Å². The van der Waals surface area contributed by atoms with Gasteiger partial charge in [0.2, 0.25) is 0 Å². The predicted octanol–water partition coefficient (Wildman–Crippen LogP) is 2.59. The van der Waals surface area contributed by atoms with Crippen molar-refractivity contribution >= 4 is 11.6 Å². The molecule has 5 nitrogen and oxygen atoms in total. The van der Waals surface area contributed by atoms with Gasteiger partial charge in [-0.1, -0.05) is 36.4 Å². The van der Waals surface area contributed by atoms with E-state index in [1.165, 1.54) is 5.56 Å². The fraction of sp³-hybridized carbons (Fsp3) is 0.381. The molecule has 2 bridgehead atoms. The Hall–Kier alpha value is -2.53. The summed E-state index contributed by atoms with van der Waals surface area (Å²) in [5.74, 6) is 0.920. The molecule has 0 unspecified atom stereocenters. The van der Waals surface area contributed by atoms with Gasteiger partial charge < -0.3 is 15.0 Å². The van der Waals surface area contributed by atoms with Crippen LogP contribution in [0.5, 0.6) is 5.75 Å². The number of nitrogens with one attached hydrogen (secondary N) is 1. The van der Waals surface area contributed by atoms with Gasteiger partial charge in [0.1, 0.15) is 12.4 Å². The highest BCUT2D eigenvalue weighted by Crippen LogP contribution is 2.36. The number of ether oxygens (including phenoxy) is 1. The van der Waals surface area contributed by atoms with Crippen LogP contribution in [0.3, 0.4) is 0 Å². The topological polar surface area (TPSA) is 44.8 Å². The number of para-hydroxylation sites is 1. The Morgan fingerprint density at radius 3 is 2.77 bits per heavy atom. The number of carbonyl (C=O) groups is 1. The summed E-state index contributed by atoms with van der Waals surface area (Å²) in [5.41, 5.74) is 2.94. The van der Waals surface area contributed by atoms with E-state index in [9.17, 15) is 4.79 Å². The van der Waals surface area contributed by atoms with Crippen molar-refractivity contribution in [3.8, 4) is 5.75 Å². The normalized spacial score (nSPS) is 24.1. The highest BCUT2D eigenvalue weighted by molar-refractivity contribution is 6.01. The van der Waals surface area contributed by atoms with Gasteiger partial charge in [-0.25, -0.2) is 0 Å². The van der Waals surface area contributed by atoms with Crippen molar-refractivity contribution in [3.05, 3.63) is 59.7 Å². The molecule has 3 aliphatic rings. The third-order valence-corrected chi connectivity index (χ3v) is 5.76. The molecular weight excluding hydrogens is 326 g/mol. The van der Waals surface area contributed by atoms with E-state index in [0.717, 1.165) is 49.6 Å². The van der Waals surface area contributed by atoms with E-state index in [2.05, 4.69) is 45.4 Å². The van der Waals surface area contributed by atoms with Gasteiger partial charge in [0.15, 0.2) is 0 Å². The first-order chi connectivity index (χ1) is 12.8. The second-order valence-corrected chi connectivity index (χ2v) is 7.37. The van der Waals surface area contributed by atoms with E-state index in [1.54, 1.807) is 0 Å². The Labute approximate surface area is 153 Å². The van der Waals surface area contributed by atoms with Gasteiger partial charge in [-0.2, -0.15) is 0 Å². The summed E-state index contributed by atoms with van der Waals surface area (Å²) < 4.78 is 5.68. The molecule has 5 rings (SSSR count). The zero-order valence-electron chi connectivity index (χ0n) is 14.7. The van der Waals surface area contributed by atoms with Gasteiger partial charge in [0.25, 0.3) is 5.91 Å². The summed E-state index contributed by atoms with van der Waals surface area (Å²) >= 11 is 0. The second-order valence-electron chi connectivity index (χ2n) is 7.37. The van der Waals surface area contributed by atoms with Crippen LogP contribution >= 0.6 is 0 Å². The van der Waals surface area contributed by atoms with E-state index in [0.29, 0.717) is 18.7 Å². The molecule has 1 N–H and O–H groups in total. The van der Waals surface area contributed by atoms with Crippen molar-refractivity contribution in [2.45, 2.75) is 25.0 Å². The fourth-order valence-electron chi connectivity index (χ4n) is 4.51. The van der Waals surface area contributed by atoms with E-state index < -0.39 is 0 Å². The lowest BCUT2D eigenvalue weighted by atomic mass is 10.1. The van der Waals surface area contributed by atoms with Gasteiger partial charge in [-0.3, -0.25) is 9.69 Å². The molecule has 3 heterocycles. The van der Waals surface area contributed by atoms with Crippen molar-refractivity contribution in [1.29, 1.82) is 0 Å². The first-order valence-corrected chi connectivity index (χ1v) is 9.38. The molecule has 0 aliphatic carbocycles. The van der Waals surface area contributed by atoms with Gasteiger partial charge in [0, 0.05) is 38.3 Å². The van der Waals surface area contributed by atoms with Crippen LogP contribution in [0.1, 0.15) is 22.3 Å². The summed E-state index contributed by atoms with van der Waals surface area (Å²) in [6.45, 7) is 4.15. The molecule has 2 saturated heterocycles. The van der Waals surface area contributed by atoms with Gasteiger partial charge >= 0.3 is 0 Å². The number of anilines is 1. The number of carbonyl (C=O) groups excluding carboxylic acids is 1. The molecule has 2 atom stereocenters. The Bertz CT molecular complexity index is 823. The molecule has 2 aromatic rings. The smallest absolute Gasteiger partial charge is 0.256 e. The lowest BCUT2D eigenvalue weighted by Gasteiger charge is -2.35. The average molecular weight is 349 g/mol. The first kappa shape index (κ1) is 15.7. The number of rotatable bonds is 3. The van der Waals surface area contributed by atoms with Crippen LogP contribution in [0, 0.1) is 0 Å². The number of nitrogens with zero attached hydrogens (tertiary/aromatic N) is 2. The maximum atomic E-state index is 13.2. The number of amides is 1. The van der Waals surface area contributed by atoms with Crippen molar-refractivity contribution < 1.29 is 9.53 Å². The highest BCUT2D eigenvalue weighted by atomic mass is 16.5. The molecule has 2 aromatic carbocycles. The van der Waals surface area contributed by atoms with Crippen LogP contribution in [0.25, 0.3) is 0 Å². The number of fused-ring (bicyclic) bond motifs is 3. The Morgan fingerprint density at radius 2 is 1.96 bits per heavy atom. The fourth-order valence-corrected chi connectivity index (χ4v) is 4.51. The SMILES string of the molecule is O=C(c1cccc2c1NCCO2)N1C[C@@H]2C[C@H]1CN2Cc1ccccc1. The molecule has 26 heavy (non-hydrogen) atoms. The van der Waals surface area contributed by atoms with Gasteiger partial charge in [0.05, 0.1) is 11.3 Å². The Balaban J connectivity index is 1.31.